The molecule has 13 nitrogen and oxygen atoms in total. The van der Waals surface area contributed by atoms with E-state index in [1.807, 2.05) is 0 Å². The van der Waals surface area contributed by atoms with Crippen molar-refractivity contribution in [1.29, 1.82) is 0 Å². The topological polar surface area (TPSA) is 207 Å². The summed E-state index contributed by atoms with van der Waals surface area (Å²) in [6, 6.07) is 6.29. The highest BCUT2D eigenvalue weighted by Gasteiger charge is 2.80. The van der Waals surface area contributed by atoms with Gasteiger partial charge in [-0.3, -0.25) is 0 Å². The van der Waals surface area contributed by atoms with Gasteiger partial charge in [-0.1, -0.05) is 12.1 Å². The largest absolute Gasteiger partial charge is 0.479 e. The molecule has 3 aromatic rings. The first-order valence-electron chi connectivity index (χ1n) is 10.7. The highest BCUT2D eigenvalue weighted by atomic mass is 35.5. The van der Waals surface area contributed by atoms with Gasteiger partial charge in [0.15, 0.2) is 18.0 Å². The summed E-state index contributed by atoms with van der Waals surface area (Å²) in [5.41, 5.74) is 0.675. The van der Waals surface area contributed by atoms with Crippen LogP contribution in [0.1, 0.15) is 22.1 Å². The molecule has 0 amide bonds. The van der Waals surface area contributed by atoms with Gasteiger partial charge in [-0.05, 0) is 35.4 Å². The summed E-state index contributed by atoms with van der Waals surface area (Å²) in [6.07, 6.45) is -5.98. The number of aliphatic carboxylic acids is 2. The maximum Gasteiger partial charge on any atom is 0.348 e. The van der Waals surface area contributed by atoms with E-state index in [0.717, 1.165) is 0 Å². The fourth-order valence-electron chi connectivity index (χ4n) is 4.52. The summed E-state index contributed by atoms with van der Waals surface area (Å²) in [5.74, 6) is -5.00. The first-order valence-corrected chi connectivity index (χ1v) is 11.1. The number of ether oxygens (including phenoxy) is 2. The van der Waals surface area contributed by atoms with Crippen molar-refractivity contribution in [3.63, 3.8) is 0 Å². The molecule has 1 saturated heterocycles. The number of benzene rings is 1. The van der Waals surface area contributed by atoms with Crippen LogP contribution in [0, 0.1) is 0 Å². The molecule has 0 bridgehead atoms. The smallest absolute Gasteiger partial charge is 0.348 e. The molecule has 15 heteroatoms. The SMILES string of the molecule is Nc1nc(Cl)nc2c1ccn2[C@@H]1O[C@@H]2C(OC(Cc3ccc(C(=O)O)cc3)(C(=O)O)C(=O)O)[C@]2(O)[C@@H]1F. The first-order chi connectivity index (χ1) is 17.4. The lowest BCUT2D eigenvalue weighted by Gasteiger charge is -2.29. The average Bonchev–Trinajstić information content (AvgIpc) is 3.07. The van der Waals surface area contributed by atoms with Crippen molar-refractivity contribution >= 4 is 46.4 Å². The number of rotatable bonds is 8. The molecule has 0 spiro atoms. The second kappa shape index (κ2) is 8.34. The molecule has 37 heavy (non-hydrogen) atoms. The van der Waals surface area contributed by atoms with E-state index in [0.29, 0.717) is 5.39 Å². The van der Waals surface area contributed by atoms with E-state index in [2.05, 4.69) is 9.97 Å². The van der Waals surface area contributed by atoms with E-state index in [9.17, 15) is 29.7 Å². The molecular weight excluding hydrogens is 519 g/mol. The van der Waals surface area contributed by atoms with Crippen LogP contribution >= 0.6 is 11.6 Å². The minimum absolute atomic E-state index is 0.0383. The zero-order valence-electron chi connectivity index (χ0n) is 18.5. The lowest BCUT2D eigenvalue weighted by atomic mass is 9.93. The molecular formula is C22H18ClFN4O9. The minimum atomic E-state index is -2.93. The molecule has 5 atom stereocenters. The lowest BCUT2D eigenvalue weighted by Crippen LogP contribution is -2.53. The van der Waals surface area contributed by atoms with Crippen LogP contribution in [-0.2, 0) is 25.5 Å². The highest BCUT2D eigenvalue weighted by Crippen LogP contribution is 2.58. The van der Waals surface area contributed by atoms with E-state index in [1.54, 1.807) is 0 Å². The number of aromatic carboxylic acids is 1. The Balaban J connectivity index is 1.40. The molecule has 0 radical (unpaired) electrons. The summed E-state index contributed by atoms with van der Waals surface area (Å²) in [6.45, 7) is 0. The van der Waals surface area contributed by atoms with Crippen LogP contribution in [-0.4, -0.2) is 82.5 Å². The third-order valence-corrected chi connectivity index (χ3v) is 6.75. The lowest BCUT2D eigenvalue weighted by molar-refractivity contribution is -0.194. The number of hydrogen-bond donors (Lipinski definition) is 5. The van der Waals surface area contributed by atoms with E-state index in [-0.39, 0.29) is 27.9 Å². The van der Waals surface area contributed by atoms with Crippen molar-refractivity contribution in [3.05, 3.63) is 52.9 Å². The van der Waals surface area contributed by atoms with E-state index < -0.39 is 60.1 Å². The minimum Gasteiger partial charge on any atom is -0.479 e. The second-order valence-electron chi connectivity index (χ2n) is 8.73. The van der Waals surface area contributed by atoms with Gasteiger partial charge in [-0.25, -0.2) is 23.8 Å². The summed E-state index contributed by atoms with van der Waals surface area (Å²) >= 11 is 5.85. The molecule has 6 N–H and O–H groups in total. The van der Waals surface area contributed by atoms with Crippen molar-refractivity contribution < 1.29 is 48.7 Å². The van der Waals surface area contributed by atoms with Gasteiger partial charge in [-0.2, -0.15) is 4.98 Å². The maximum absolute atomic E-state index is 15.5. The predicted molar refractivity (Wildman–Crippen MR) is 121 cm³/mol. The third-order valence-electron chi connectivity index (χ3n) is 6.58. The Morgan fingerprint density at radius 2 is 1.81 bits per heavy atom. The van der Waals surface area contributed by atoms with Crippen molar-refractivity contribution in [2.75, 3.05) is 5.73 Å². The van der Waals surface area contributed by atoms with Gasteiger partial charge in [0.05, 0.1) is 10.9 Å². The number of nitrogens with two attached hydrogens (primary N) is 1. The number of fused-ring (bicyclic) bond motifs is 2. The normalized spacial score (nSPS) is 26.7. The van der Waals surface area contributed by atoms with Crippen LogP contribution in [0.5, 0.6) is 0 Å². The quantitative estimate of drug-likeness (QED) is 0.201. The summed E-state index contributed by atoms with van der Waals surface area (Å²) < 4.78 is 27.8. The zero-order valence-corrected chi connectivity index (χ0v) is 19.2. The van der Waals surface area contributed by atoms with Crippen molar-refractivity contribution in [1.82, 2.24) is 14.5 Å². The molecule has 194 valence electrons. The van der Waals surface area contributed by atoms with Gasteiger partial charge >= 0.3 is 17.9 Å². The molecule has 2 aromatic heterocycles. The van der Waals surface area contributed by atoms with Crippen molar-refractivity contribution in [3.8, 4) is 0 Å². The summed E-state index contributed by atoms with van der Waals surface area (Å²) in [4.78, 5) is 43.1. The van der Waals surface area contributed by atoms with E-state index in [4.69, 9.17) is 31.9 Å². The zero-order chi connectivity index (χ0) is 26.9. The fourth-order valence-corrected chi connectivity index (χ4v) is 4.70. The number of anilines is 1. The van der Waals surface area contributed by atoms with Gasteiger partial charge in [0.25, 0.3) is 5.60 Å². The number of aliphatic hydroxyl groups is 1. The van der Waals surface area contributed by atoms with Crippen LogP contribution in [0.2, 0.25) is 5.28 Å². The number of hydrogen-bond acceptors (Lipinski definition) is 9. The molecule has 1 aliphatic carbocycles. The van der Waals surface area contributed by atoms with Crippen LogP contribution in [0.4, 0.5) is 10.2 Å². The summed E-state index contributed by atoms with van der Waals surface area (Å²) in [7, 11) is 0. The number of nitrogens with zero attached hydrogens (tertiary/aromatic N) is 3. The van der Waals surface area contributed by atoms with Crippen molar-refractivity contribution in [2.24, 2.45) is 0 Å². The monoisotopic (exact) mass is 536 g/mol. The number of carboxylic acids is 3. The third kappa shape index (κ3) is 3.68. The Kier molecular flexibility index (Phi) is 5.60. The molecule has 1 aliphatic heterocycles. The Bertz CT molecular complexity index is 1430. The second-order valence-corrected chi connectivity index (χ2v) is 9.07. The maximum atomic E-state index is 15.5. The van der Waals surface area contributed by atoms with Crippen LogP contribution in [0.15, 0.2) is 36.5 Å². The van der Waals surface area contributed by atoms with Gasteiger partial charge in [0.2, 0.25) is 5.28 Å². The number of nitrogen functional groups attached to an aromatic ring is 1. The highest BCUT2D eigenvalue weighted by molar-refractivity contribution is 6.28. The van der Waals surface area contributed by atoms with Gasteiger partial charge in [0, 0.05) is 12.6 Å². The first kappa shape index (κ1) is 24.8. The molecule has 2 fully saturated rings. The van der Waals surface area contributed by atoms with Gasteiger partial charge in [-0.15, -0.1) is 0 Å². The predicted octanol–water partition coefficient (Wildman–Crippen LogP) is 0.881. The Morgan fingerprint density at radius 3 is 2.35 bits per heavy atom. The fraction of sp³-hybridized carbons (Fsp3) is 0.318. The number of aromatic nitrogens is 3. The number of alkyl halides is 1. The molecule has 1 saturated carbocycles. The molecule has 2 aliphatic rings. The Morgan fingerprint density at radius 1 is 1.16 bits per heavy atom. The molecule has 1 aromatic carbocycles. The van der Waals surface area contributed by atoms with Crippen molar-refractivity contribution in [2.45, 2.75) is 42.2 Å². The molecule has 5 rings (SSSR count). The van der Waals surface area contributed by atoms with E-state index in [1.165, 1.54) is 41.1 Å². The molecule has 3 heterocycles. The van der Waals surface area contributed by atoms with Gasteiger partial charge in [0.1, 0.15) is 23.7 Å². The number of carboxylic acid groups (broad SMARTS) is 3. The molecule has 1 unspecified atom stereocenters. The number of carbonyl (C=O) groups is 3. The van der Waals surface area contributed by atoms with Crippen LogP contribution in [0.25, 0.3) is 11.0 Å². The Hall–Kier alpha value is -3.85. The summed E-state index contributed by atoms with van der Waals surface area (Å²) in [5, 5.41) is 39.7. The van der Waals surface area contributed by atoms with E-state index >= 15 is 4.39 Å². The standard InChI is InChI=1S/C22H18ClFN4O9/c23-20-26-14(25)10-5-6-28(15(10)27-20)16-11(24)22(35)12(36-16)13(22)37-21(18(31)32,19(33)34)7-8-1-3-9(4-2-8)17(29)30/h1-6,11-13,16,35H,7H2,(H,29,30)(H,31,32)(H,33,34)(H2,25,26,27)/t11-,12-,13?,16-,22+/m1/s1. The average molecular weight is 537 g/mol. The van der Waals surface area contributed by atoms with Gasteiger partial charge < -0.3 is 40.2 Å². The van der Waals surface area contributed by atoms with Crippen LogP contribution in [0.3, 0.4) is 0 Å². The number of halogens is 2. The van der Waals surface area contributed by atoms with Crippen LogP contribution < -0.4 is 5.73 Å². The Labute approximate surface area is 210 Å².